The lowest BCUT2D eigenvalue weighted by molar-refractivity contribution is 0.242. The van der Waals surface area contributed by atoms with E-state index in [0.29, 0.717) is 0 Å². The molecule has 1 heterocycles. The molecule has 2 rings (SSSR count). The van der Waals surface area contributed by atoms with Crippen molar-refractivity contribution in [2.24, 2.45) is 0 Å². The number of aryl methyl sites for hydroxylation is 1. The Balaban J connectivity index is 2.53. The van der Waals surface area contributed by atoms with Gasteiger partial charge in [0.15, 0.2) is 0 Å². The Morgan fingerprint density at radius 2 is 2.00 bits per heavy atom. The lowest BCUT2D eigenvalue weighted by Gasteiger charge is -2.10. The monoisotopic (exact) mass is 279 g/mol. The highest BCUT2D eigenvalue weighted by molar-refractivity contribution is 9.10. The maximum atomic E-state index is 5.65. The highest BCUT2D eigenvalue weighted by atomic mass is 79.9. The second kappa shape index (κ2) is 4.42. The van der Waals surface area contributed by atoms with Crippen LogP contribution in [-0.2, 0) is 0 Å². The summed E-state index contributed by atoms with van der Waals surface area (Å²) in [6.45, 7) is 6.12. The van der Waals surface area contributed by atoms with Crippen molar-refractivity contribution in [1.82, 2.24) is 4.98 Å². The lowest BCUT2D eigenvalue weighted by atomic mass is 10.1. The van der Waals surface area contributed by atoms with Gasteiger partial charge in [-0.15, -0.1) is 0 Å². The van der Waals surface area contributed by atoms with Crippen molar-refractivity contribution in [1.29, 1.82) is 0 Å². The van der Waals surface area contributed by atoms with E-state index in [1.165, 1.54) is 10.9 Å². The van der Waals surface area contributed by atoms with Gasteiger partial charge in [0.1, 0.15) is 10.4 Å². The molecule has 0 bridgehead atoms. The summed E-state index contributed by atoms with van der Waals surface area (Å²) in [4.78, 5) is 4.44. The third-order valence-electron chi connectivity index (χ3n) is 2.33. The molecule has 0 spiro atoms. The minimum absolute atomic E-state index is 0.186. The van der Waals surface area contributed by atoms with Gasteiger partial charge in [0.2, 0.25) is 0 Å². The molecular weight excluding hydrogens is 266 g/mol. The van der Waals surface area contributed by atoms with Crippen molar-refractivity contribution >= 4 is 26.8 Å². The molecule has 3 heteroatoms. The normalized spacial score (nSPS) is 11.1. The first-order valence-corrected chi connectivity index (χ1v) is 6.09. The van der Waals surface area contributed by atoms with Crippen LogP contribution in [0.3, 0.4) is 0 Å². The third-order valence-corrected chi connectivity index (χ3v) is 2.73. The van der Waals surface area contributed by atoms with Gasteiger partial charge in [0.05, 0.1) is 11.6 Å². The first-order valence-electron chi connectivity index (χ1n) is 5.30. The standard InChI is InChI=1S/C13H14BrNO/c1-8(2)16-10-4-5-11-9(3)6-13(14)15-12(11)7-10/h4-8H,1-3H3. The van der Waals surface area contributed by atoms with Crippen LogP contribution in [0.5, 0.6) is 5.75 Å². The summed E-state index contributed by atoms with van der Waals surface area (Å²) in [6.07, 6.45) is 0.186. The van der Waals surface area contributed by atoms with Crippen LogP contribution in [0.1, 0.15) is 19.4 Å². The van der Waals surface area contributed by atoms with Gasteiger partial charge in [-0.05, 0) is 60.5 Å². The van der Waals surface area contributed by atoms with Gasteiger partial charge >= 0.3 is 0 Å². The number of fused-ring (bicyclic) bond motifs is 1. The molecular formula is C13H14BrNO. The molecule has 0 aliphatic rings. The molecule has 0 atom stereocenters. The molecule has 0 N–H and O–H groups in total. The summed E-state index contributed by atoms with van der Waals surface area (Å²) in [5, 5.41) is 1.17. The van der Waals surface area contributed by atoms with E-state index in [-0.39, 0.29) is 6.10 Å². The Bertz CT molecular complexity index is 523. The average Bonchev–Trinajstić information content (AvgIpc) is 2.15. The van der Waals surface area contributed by atoms with Crippen molar-refractivity contribution in [2.75, 3.05) is 0 Å². The molecule has 0 radical (unpaired) electrons. The Kier molecular flexibility index (Phi) is 3.15. The summed E-state index contributed by atoms with van der Waals surface area (Å²) in [5.74, 6) is 0.868. The van der Waals surface area contributed by atoms with Crippen LogP contribution >= 0.6 is 15.9 Å². The topological polar surface area (TPSA) is 22.1 Å². The number of hydrogen-bond donors (Lipinski definition) is 0. The van der Waals surface area contributed by atoms with Crippen LogP contribution in [0.15, 0.2) is 28.9 Å². The molecule has 0 saturated heterocycles. The molecule has 0 fully saturated rings. The summed E-state index contributed by atoms with van der Waals surface area (Å²) in [6, 6.07) is 8.05. The van der Waals surface area contributed by atoms with E-state index in [0.717, 1.165) is 15.9 Å². The number of halogens is 1. The van der Waals surface area contributed by atoms with Gasteiger partial charge < -0.3 is 4.74 Å². The number of rotatable bonds is 2. The SMILES string of the molecule is Cc1cc(Br)nc2cc(OC(C)C)ccc12. The zero-order chi connectivity index (χ0) is 11.7. The maximum absolute atomic E-state index is 5.65. The summed E-state index contributed by atoms with van der Waals surface area (Å²) >= 11 is 3.41. The summed E-state index contributed by atoms with van der Waals surface area (Å²) in [5.41, 5.74) is 2.18. The molecule has 0 amide bonds. The van der Waals surface area contributed by atoms with Gasteiger partial charge in [-0.1, -0.05) is 0 Å². The number of aromatic nitrogens is 1. The fourth-order valence-electron chi connectivity index (χ4n) is 1.69. The van der Waals surface area contributed by atoms with E-state index in [4.69, 9.17) is 4.74 Å². The van der Waals surface area contributed by atoms with Gasteiger partial charge in [-0.2, -0.15) is 0 Å². The van der Waals surface area contributed by atoms with Crippen molar-refractivity contribution < 1.29 is 4.74 Å². The second-order valence-corrected chi connectivity index (χ2v) is 4.92. The Morgan fingerprint density at radius 3 is 2.69 bits per heavy atom. The van der Waals surface area contributed by atoms with Crippen LogP contribution in [-0.4, -0.2) is 11.1 Å². The van der Waals surface area contributed by atoms with Gasteiger partial charge in [0.25, 0.3) is 0 Å². The summed E-state index contributed by atoms with van der Waals surface area (Å²) < 4.78 is 6.51. The highest BCUT2D eigenvalue weighted by Gasteiger charge is 2.04. The van der Waals surface area contributed by atoms with E-state index in [1.807, 2.05) is 32.0 Å². The number of ether oxygens (including phenoxy) is 1. The van der Waals surface area contributed by atoms with Crippen molar-refractivity contribution in [3.63, 3.8) is 0 Å². The van der Waals surface area contributed by atoms with Gasteiger partial charge in [0, 0.05) is 11.5 Å². The first kappa shape index (κ1) is 11.4. The molecule has 2 aromatic rings. The van der Waals surface area contributed by atoms with Crippen molar-refractivity contribution in [3.05, 3.63) is 34.4 Å². The predicted octanol–water partition coefficient (Wildman–Crippen LogP) is 4.09. The molecule has 0 unspecified atom stereocenters. The average molecular weight is 280 g/mol. The van der Waals surface area contributed by atoms with Crippen molar-refractivity contribution in [3.8, 4) is 5.75 Å². The molecule has 84 valence electrons. The fraction of sp³-hybridized carbons (Fsp3) is 0.308. The van der Waals surface area contributed by atoms with E-state index >= 15 is 0 Å². The van der Waals surface area contributed by atoms with Crippen LogP contribution in [0, 0.1) is 6.92 Å². The largest absolute Gasteiger partial charge is 0.491 e. The lowest BCUT2D eigenvalue weighted by Crippen LogP contribution is -2.05. The first-order chi connectivity index (χ1) is 7.56. The van der Waals surface area contributed by atoms with E-state index in [2.05, 4.69) is 33.9 Å². The molecule has 1 aromatic heterocycles. The molecule has 16 heavy (non-hydrogen) atoms. The van der Waals surface area contributed by atoms with Crippen LogP contribution in [0.2, 0.25) is 0 Å². The Hall–Kier alpha value is -1.09. The van der Waals surface area contributed by atoms with Gasteiger partial charge in [-0.3, -0.25) is 0 Å². The minimum Gasteiger partial charge on any atom is -0.491 e. The zero-order valence-corrected chi connectivity index (χ0v) is 11.2. The molecule has 0 aliphatic heterocycles. The number of pyridine rings is 1. The quantitative estimate of drug-likeness (QED) is 0.773. The third kappa shape index (κ3) is 2.35. The van der Waals surface area contributed by atoms with Crippen LogP contribution in [0.4, 0.5) is 0 Å². The van der Waals surface area contributed by atoms with Crippen LogP contribution < -0.4 is 4.74 Å². The molecule has 2 nitrogen and oxygen atoms in total. The Morgan fingerprint density at radius 1 is 1.25 bits per heavy atom. The maximum Gasteiger partial charge on any atom is 0.121 e. The second-order valence-electron chi connectivity index (χ2n) is 4.11. The van der Waals surface area contributed by atoms with E-state index in [9.17, 15) is 0 Å². The number of hydrogen-bond acceptors (Lipinski definition) is 2. The van der Waals surface area contributed by atoms with Gasteiger partial charge in [-0.25, -0.2) is 4.98 Å². The number of nitrogens with zero attached hydrogens (tertiary/aromatic N) is 1. The van der Waals surface area contributed by atoms with E-state index < -0.39 is 0 Å². The smallest absolute Gasteiger partial charge is 0.121 e. The van der Waals surface area contributed by atoms with Crippen LogP contribution in [0.25, 0.3) is 10.9 Å². The zero-order valence-electron chi connectivity index (χ0n) is 9.62. The fourth-order valence-corrected chi connectivity index (χ4v) is 2.22. The molecule has 0 aliphatic carbocycles. The highest BCUT2D eigenvalue weighted by Crippen LogP contribution is 2.25. The van der Waals surface area contributed by atoms with Crippen molar-refractivity contribution in [2.45, 2.75) is 26.9 Å². The summed E-state index contributed by atoms with van der Waals surface area (Å²) in [7, 11) is 0. The molecule has 1 aromatic carbocycles. The predicted molar refractivity (Wildman–Crippen MR) is 69.9 cm³/mol. The molecule has 0 saturated carbocycles. The number of benzene rings is 1. The minimum atomic E-state index is 0.186. The Labute approximate surface area is 104 Å². The van der Waals surface area contributed by atoms with E-state index in [1.54, 1.807) is 0 Å².